The maximum atomic E-state index is 12.3. The summed E-state index contributed by atoms with van der Waals surface area (Å²) < 4.78 is 1.27. The normalized spacial score (nSPS) is 17.4. The third kappa shape index (κ3) is 3.32. The van der Waals surface area contributed by atoms with E-state index in [-0.39, 0.29) is 18.0 Å². The van der Waals surface area contributed by atoms with Crippen LogP contribution in [0.1, 0.15) is 18.4 Å². The average Bonchev–Trinajstić information content (AvgIpc) is 3.21. The van der Waals surface area contributed by atoms with E-state index in [1.165, 1.54) is 15.6 Å². The van der Waals surface area contributed by atoms with E-state index in [2.05, 4.69) is 28.1 Å². The van der Waals surface area contributed by atoms with E-state index < -0.39 is 0 Å². The Morgan fingerprint density at radius 2 is 2.17 bits per heavy atom. The second-order valence-corrected chi connectivity index (χ2v) is 6.62. The van der Waals surface area contributed by atoms with E-state index in [0.29, 0.717) is 13.1 Å². The fourth-order valence-corrected chi connectivity index (χ4v) is 4.08. The van der Waals surface area contributed by atoms with Crippen molar-refractivity contribution in [2.75, 3.05) is 20.1 Å². The minimum Gasteiger partial charge on any atom is -0.357 e. The zero-order valence-electron chi connectivity index (χ0n) is 13.2. The van der Waals surface area contributed by atoms with Crippen LogP contribution in [-0.4, -0.2) is 43.0 Å². The van der Waals surface area contributed by atoms with Gasteiger partial charge in [-0.1, -0.05) is 18.2 Å². The van der Waals surface area contributed by atoms with Crippen molar-refractivity contribution < 1.29 is 9.59 Å². The number of nitrogens with zero attached hydrogens (tertiary/aromatic N) is 1. The van der Waals surface area contributed by atoms with Gasteiger partial charge < -0.3 is 15.5 Å². The molecule has 0 saturated carbocycles. The van der Waals surface area contributed by atoms with E-state index in [0.717, 1.165) is 19.3 Å². The summed E-state index contributed by atoms with van der Waals surface area (Å²) in [7, 11) is 1.61. The third-order valence-corrected chi connectivity index (χ3v) is 5.31. The van der Waals surface area contributed by atoms with E-state index in [1.807, 2.05) is 12.1 Å². The number of hydrogen-bond donors (Lipinski definition) is 2. The zero-order chi connectivity index (χ0) is 16.2. The minimum absolute atomic E-state index is 0.0820. The summed E-state index contributed by atoms with van der Waals surface area (Å²) in [5, 5.41) is 8.99. The molecule has 23 heavy (non-hydrogen) atoms. The van der Waals surface area contributed by atoms with Gasteiger partial charge in [0.25, 0.3) is 0 Å². The maximum Gasteiger partial charge on any atom is 0.318 e. The van der Waals surface area contributed by atoms with Crippen molar-refractivity contribution in [1.82, 2.24) is 15.5 Å². The summed E-state index contributed by atoms with van der Waals surface area (Å²) in [5.41, 5.74) is 1.26. The van der Waals surface area contributed by atoms with Gasteiger partial charge in [0, 0.05) is 24.8 Å². The summed E-state index contributed by atoms with van der Waals surface area (Å²) in [5.74, 6) is -0.0820. The molecule has 122 valence electrons. The first-order chi connectivity index (χ1) is 11.2. The first kappa shape index (κ1) is 15.8. The van der Waals surface area contributed by atoms with Gasteiger partial charge in [0.05, 0.1) is 0 Å². The van der Waals surface area contributed by atoms with Gasteiger partial charge in [0.2, 0.25) is 5.91 Å². The Labute approximate surface area is 139 Å². The lowest BCUT2D eigenvalue weighted by Gasteiger charge is -2.23. The Bertz CT molecular complexity index is 713. The van der Waals surface area contributed by atoms with Gasteiger partial charge in [-0.25, -0.2) is 4.79 Å². The molecule has 3 amide bonds. The number of carbonyl (C=O) groups excluding carboxylic acids is 2. The van der Waals surface area contributed by atoms with Crippen LogP contribution in [0.5, 0.6) is 0 Å². The van der Waals surface area contributed by atoms with Crippen LogP contribution in [0.4, 0.5) is 4.79 Å². The Morgan fingerprint density at radius 3 is 3.00 bits per heavy atom. The Morgan fingerprint density at radius 1 is 1.35 bits per heavy atom. The van der Waals surface area contributed by atoms with E-state index in [4.69, 9.17) is 0 Å². The van der Waals surface area contributed by atoms with Crippen LogP contribution < -0.4 is 10.6 Å². The van der Waals surface area contributed by atoms with Crippen LogP contribution in [0.15, 0.2) is 29.6 Å². The number of rotatable bonds is 4. The standard InChI is InChI=1S/C17H21N3O2S/c1-18-16(21)14-6-4-10-20(14)17(22)19-9-8-12-11-23-15-7-3-2-5-13(12)15/h2-3,5,7,11,14H,4,6,8-10H2,1H3,(H,18,21)(H,19,22)/t14-/m0/s1. The summed E-state index contributed by atoms with van der Waals surface area (Å²) >= 11 is 1.73. The molecule has 0 aliphatic carbocycles. The molecule has 0 radical (unpaired) electrons. The van der Waals surface area contributed by atoms with Crippen molar-refractivity contribution in [2.24, 2.45) is 0 Å². The van der Waals surface area contributed by atoms with Gasteiger partial charge in [-0.05, 0) is 41.7 Å². The molecule has 1 saturated heterocycles. The number of carbonyl (C=O) groups is 2. The van der Waals surface area contributed by atoms with Gasteiger partial charge in [-0.2, -0.15) is 0 Å². The van der Waals surface area contributed by atoms with Crippen molar-refractivity contribution in [2.45, 2.75) is 25.3 Å². The molecule has 2 aromatic rings. The van der Waals surface area contributed by atoms with Crippen LogP contribution >= 0.6 is 11.3 Å². The fraction of sp³-hybridized carbons (Fsp3) is 0.412. The average molecular weight is 331 g/mol. The van der Waals surface area contributed by atoms with Crippen molar-refractivity contribution in [3.63, 3.8) is 0 Å². The molecule has 1 aromatic carbocycles. The second kappa shape index (κ2) is 7.00. The van der Waals surface area contributed by atoms with Gasteiger partial charge in [0.15, 0.2) is 0 Å². The van der Waals surface area contributed by atoms with Crippen molar-refractivity contribution >= 4 is 33.4 Å². The highest BCUT2D eigenvalue weighted by molar-refractivity contribution is 7.17. The third-order valence-electron chi connectivity index (χ3n) is 4.29. The number of nitrogens with one attached hydrogen (secondary N) is 2. The van der Waals surface area contributed by atoms with Crippen molar-refractivity contribution in [3.05, 3.63) is 35.2 Å². The highest BCUT2D eigenvalue weighted by atomic mass is 32.1. The molecule has 1 aliphatic rings. The number of hydrogen-bond acceptors (Lipinski definition) is 3. The molecule has 0 spiro atoms. The predicted molar refractivity (Wildman–Crippen MR) is 92.7 cm³/mol. The topological polar surface area (TPSA) is 61.4 Å². The highest BCUT2D eigenvalue weighted by Gasteiger charge is 2.33. The molecule has 2 heterocycles. The molecule has 2 N–H and O–H groups in total. The molecule has 5 nitrogen and oxygen atoms in total. The summed E-state index contributed by atoms with van der Waals surface area (Å²) in [4.78, 5) is 25.8. The molecule has 3 rings (SSSR count). The predicted octanol–water partition coefficient (Wildman–Crippen LogP) is 2.36. The Balaban J connectivity index is 1.56. The monoisotopic (exact) mass is 331 g/mol. The summed E-state index contributed by atoms with van der Waals surface area (Å²) in [6.45, 7) is 1.22. The first-order valence-corrected chi connectivity index (χ1v) is 8.80. The molecular weight excluding hydrogens is 310 g/mol. The number of thiophene rings is 1. The van der Waals surface area contributed by atoms with E-state index >= 15 is 0 Å². The van der Waals surface area contributed by atoms with Crippen LogP contribution in [0.2, 0.25) is 0 Å². The molecule has 1 fully saturated rings. The minimum atomic E-state index is -0.332. The number of likely N-dealkylation sites (N-methyl/N-ethyl adjacent to an activating group) is 1. The molecule has 1 aliphatic heterocycles. The Hall–Kier alpha value is -2.08. The van der Waals surface area contributed by atoms with Crippen LogP contribution in [0.25, 0.3) is 10.1 Å². The maximum absolute atomic E-state index is 12.3. The van der Waals surface area contributed by atoms with Gasteiger partial charge >= 0.3 is 6.03 Å². The van der Waals surface area contributed by atoms with Gasteiger partial charge in [0.1, 0.15) is 6.04 Å². The lowest BCUT2D eigenvalue weighted by molar-refractivity contribution is -0.124. The van der Waals surface area contributed by atoms with Gasteiger partial charge in [-0.3, -0.25) is 4.79 Å². The van der Waals surface area contributed by atoms with Gasteiger partial charge in [-0.15, -0.1) is 11.3 Å². The quantitative estimate of drug-likeness (QED) is 0.903. The molecule has 1 atom stereocenters. The first-order valence-electron chi connectivity index (χ1n) is 7.92. The molecule has 0 unspecified atom stereocenters. The molecule has 6 heteroatoms. The van der Waals surface area contributed by atoms with E-state index in [1.54, 1.807) is 23.3 Å². The van der Waals surface area contributed by atoms with Crippen LogP contribution in [0.3, 0.4) is 0 Å². The number of benzene rings is 1. The van der Waals surface area contributed by atoms with E-state index in [9.17, 15) is 9.59 Å². The SMILES string of the molecule is CNC(=O)[C@@H]1CCCN1C(=O)NCCc1csc2ccccc12. The number of likely N-dealkylation sites (tertiary alicyclic amines) is 1. The largest absolute Gasteiger partial charge is 0.357 e. The number of amides is 3. The fourth-order valence-electron chi connectivity index (χ4n) is 3.08. The van der Waals surface area contributed by atoms with Crippen LogP contribution in [0, 0.1) is 0 Å². The number of urea groups is 1. The summed E-state index contributed by atoms with van der Waals surface area (Å²) in [6, 6.07) is 7.83. The second-order valence-electron chi connectivity index (χ2n) is 5.70. The smallest absolute Gasteiger partial charge is 0.318 e. The molecular formula is C17H21N3O2S. The lowest BCUT2D eigenvalue weighted by Crippen LogP contribution is -2.49. The van der Waals surface area contributed by atoms with Crippen molar-refractivity contribution in [3.8, 4) is 0 Å². The number of fused-ring (bicyclic) bond motifs is 1. The lowest BCUT2D eigenvalue weighted by atomic mass is 10.1. The van der Waals surface area contributed by atoms with Crippen molar-refractivity contribution in [1.29, 1.82) is 0 Å². The summed E-state index contributed by atoms with van der Waals surface area (Å²) in [6.07, 6.45) is 2.41. The Kier molecular flexibility index (Phi) is 4.81. The molecule has 1 aromatic heterocycles. The van der Waals surface area contributed by atoms with Crippen LogP contribution in [-0.2, 0) is 11.2 Å². The molecule has 0 bridgehead atoms. The highest BCUT2D eigenvalue weighted by Crippen LogP contribution is 2.25. The zero-order valence-corrected chi connectivity index (χ0v) is 14.0.